The zero-order chi connectivity index (χ0) is 15.1. The van der Waals surface area contributed by atoms with Gasteiger partial charge in [0.2, 0.25) is 0 Å². The molecule has 0 fully saturated rings. The Morgan fingerprint density at radius 1 is 1.60 bits per heavy atom. The highest BCUT2D eigenvalue weighted by Gasteiger charge is 2.21. The van der Waals surface area contributed by atoms with Crippen molar-refractivity contribution in [3.8, 4) is 0 Å². The lowest BCUT2D eigenvalue weighted by Gasteiger charge is -2.15. The van der Waals surface area contributed by atoms with Gasteiger partial charge >= 0.3 is 0 Å². The minimum atomic E-state index is -0.690. The van der Waals surface area contributed by atoms with Gasteiger partial charge in [-0.2, -0.15) is 0 Å². The molecule has 0 aliphatic rings. The summed E-state index contributed by atoms with van der Waals surface area (Å²) in [6.07, 6.45) is 0.606. The van der Waals surface area contributed by atoms with E-state index in [2.05, 4.69) is 10.3 Å². The molecule has 1 aromatic rings. The Balaban J connectivity index is 2.81. The number of nitrogen functional groups attached to an aromatic ring is 1. The number of aromatic nitrogens is 1. The molecule has 1 rings (SSSR count). The number of carbonyl (C=O) groups is 1. The Bertz CT molecular complexity index is 494. The van der Waals surface area contributed by atoms with E-state index >= 15 is 0 Å². The molecule has 1 amide bonds. The van der Waals surface area contributed by atoms with E-state index in [-0.39, 0.29) is 30.6 Å². The number of nitrogens with zero attached hydrogens (tertiary/aromatic N) is 2. The maximum atomic E-state index is 12.0. The average molecular weight is 284 g/mol. The summed E-state index contributed by atoms with van der Waals surface area (Å²) >= 11 is 0. The number of anilines is 1. The molecule has 9 nitrogen and oxygen atoms in total. The second kappa shape index (κ2) is 7.36. The summed E-state index contributed by atoms with van der Waals surface area (Å²) in [6, 6.07) is 1.16. The molecule has 0 saturated heterocycles. The molecule has 1 heterocycles. The molecule has 0 radical (unpaired) electrons. The van der Waals surface area contributed by atoms with Crippen molar-refractivity contribution in [1.82, 2.24) is 10.3 Å². The molecule has 1 unspecified atom stereocenters. The van der Waals surface area contributed by atoms with Gasteiger partial charge in [-0.25, -0.2) is 4.98 Å². The van der Waals surface area contributed by atoms with E-state index in [9.17, 15) is 14.9 Å². The molecular formula is C11H16N4O5. The number of nitrogens with two attached hydrogens (primary N) is 1. The lowest BCUT2D eigenvalue weighted by Crippen LogP contribution is -2.35. The number of hydrogen-bond acceptors (Lipinski definition) is 7. The van der Waals surface area contributed by atoms with Crippen LogP contribution in [0.2, 0.25) is 0 Å². The molecule has 0 aliphatic heterocycles. The molecule has 9 heteroatoms. The van der Waals surface area contributed by atoms with E-state index < -0.39 is 16.5 Å². The first-order chi connectivity index (χ1) is 9.49. The van der Waals surface area contributed by atoms with Gasteiger partial charge < -0.3 is 20.5 Å². The van der Waals surface area contributed by atoms with Crippen molar-refractivity contribution >= 4 is 17.4 Å². The maximum absolute atomic E-state index is 12.0. The number of hydrogen-bond donors (Lipinski definition) is 2. The van der Waals surface area contributed by atoms with Crippen molar-refractivity contribution in [3.05, 3.63) is 27.9 Å². The number of methoxy groups -OCH3 is 2. The van der Waals surface area contributed by atoms with Crippen molar-refractivity contribution in [2.75, 3.05) is 33.1 Å². The normalized spacial score (nSPS) is 11.9. The van der Waals surface area contributed by atoms with Gasteiger partial charge in [0.1, 0.15) is 17.6 Å². The SMILES string of the molecule is COCC(CNC(=O)c1cc(N)ncc1[N+](=O)[O-])OC. The Kier molecular flexibility index (Phi) is 5.81. The van der Waals surface area contributed by atoms with Crippen molar-refractivity contribution in [2.45, 2.75) is 6.10 Å². The zero-order valence-electron chi connectivity index (χ0n) is 11.2. The molecule has 0 aromatic carbocycles. The van der Waals surface area contributed by atoms with Crippen molar-refractivity contribution in [1.29, 1.82) is 0 Å². The minimum Gasteiger partial charge on any atom is -0.384 e. The smallest absolute Gasteiger partial charge is 0.300 e. The van der Waals surface area contributed by atoms with Crippen LogP contribution >= 0.6 is 0 Å². The van der Waals surface area contributed by atoms with Gasteiger partial charge in [0.25, 0.3) is 11.6 Å². The van der Waals surface area contributed by atoms with Gasteiger partial charge in [0.15, 0.2) is 0 Å². The molecule has 0 aliphatic carbocycles. The number of nitro groups is 1. The van der Waals surface area contributed by atoms with Crippen molar-refractivity contribution in [3.63, 3.8) is 0 Å². The second-order valence-electron chi connectivity index (χ2n) is 3.91. The lowest BCUT2D eigenvalue weighted by atomic mass is 10.2. The maximum Gasteiger partial charge on any atom is 0.300 e. The number of ether oxygens (including phenoxy) is 2. The third-order valence-corrected chi connectivity index (χ3v) is 2.52. The van der Waals surface area contributed by atoms with Gasteiger partial charge in [-0.05, 0) is 6.07 Å². The summed E-state index contributed by atoms with van der Waals surface area (Å²) in [7, 11) is 2.98. The second-order valence-corrected chi connectivity index (χ2v) is 3.91. The summed E-state index contributed by atoms with van der Waals surface area (Å²) in [4.78, 5) is 25.7. The summed E-state index contributed by atoms with van der Waals surface area (Å²) in [5.41, 5.74) is 4.89. The topological polar surface area (TPSA) is 130 Å². The highest BCUT2D eigenvalue weighted by atomic mass is 16.6. The molecule has 0 saturated carbocycles. The quantitative estimate of drug-likeness (QED) is 0.530. The zero-order valence-corrected chi connectivity index (χ0v) is 11.2. The fourth-order valence-corrected chi connectivity index (χ4v) is 1.49. The van der Waals surface area contributed by atoms with Gasteiger partial charge in [-0.3, -0.25) is 14.9 Å². The molecule has 110 valence electrons. The number of amides is 1. The van der Waals surface area contributed by atoms with Crippen LogP contribution in [0.4, 0.5) is 11.5 Å². The first-order valence-corrected chi connectivity index (χ1v) is 5.69. The monoisotopic (exact) mass is 284 g/mol. The van der Waals surface area contributed by atoms with Crippen LogP contribution in [0.5, 0.6) is 0 Å². The summed E-state index contributed by atoms with van der Waals surface area (Å²) in [5.74, 6) is -0.593. The third-order valence-electron chi connectivity index (χ3n) is 2.52. The van der Waals surface area contributed by atoms with Crippen LogP contribution in [0.1, 0.15) is 10.4 Å². The number of nitrogens with one attached hydrogen (secondary N) is 1. The van der Waals surface area contributed by atoms with Crippen LogP contribution in [0.3, 0.4) is 0 Å². The highest BCUT2D eigenvalue weighted by molar-refractivity contribution is 5.98. The Hall–Kier alpha value is -2.26. The largest absolute Gasteiger partial charge is 0.384 e. The summed E-state index contributed by atoms with van der Waals surface area (Å²) in [5, 5.41) is 13.4. The molecule has 3 N–H and O–H groups in total. The van der Waals surface area contributed by atoms with E-state index in [0.29, 0.717) is 0 Å². The fraction of sp³-hybridized carbons (Fsp3) is 0.455. The van der Waals surface area contributed by atoms with Crippen molar-refractivity contribution < 1.29 is 19.2 Å². The van der Waals surface area contributed by atoms with Crippen LogP contribution in [0.25, 0.3) is 0 Å². The molecule has 0 spiro atoms. The van der Waals surface area contributed by atoms with E-state index in [0.717, 1.165) is 12.3 Å². The van der Waals surface area contributed by atoms with Crippen LogP contribution in [-0.2, 0) is 9.47 Å². The molecular weight excluding hydrogens is 268 g/mol. The third kappa shape index (κ3) is 4.14. The Labute approximate surface area is 115 Å². The lowest BCUT2D eigenvalue weighted by molar-refractivity contribution is -0.385. The van der Waals surface area contributed by atoms with Gasteiger partial charge in [0.05, 0.1) is 17.6 Å². The van der Waals surface area contributed by atoms with E-state index in [1.165, 1.54) is 14.2 Å². The van der Waals surface area contributed by atoms with Gasteiger partial charge in [-0.15, -0.1) is 0 Å². The van der Waals surface area contributed by atoms with Crippen LogP contribution in [-0.4, -0.2) is 49.3 Å². The van der Waals surface area contributed by atoms with E-state index in [4.69, 9.17) is 15.2 Å². The predicted octanol–water partition coefficient (Wildman–Crippen LogP) is -0.0368. The van der Waals surface area contributed by atoms with Crippen molar-refractivity contribution in [2.24, 2.45) is 0 Å². The Morgan fingerprint density at radius 3 is 2.85 bits per heavy atom. The minimum absolute atomic E-state index is 0.0286. The molecule has 1 aromatic heterocycles. The first kappa shape index (κ1) is 15.8. The van der Waals surface area contributed by atoms with Gasteiger partial charge in [-0.1, -0.05) is 0 Å². The summed E-state index contributed by atoms with van der Waals surface area (Å²) in [6.45, 7) is 0.444. The van der Waals surface area contributed by atoms with Gasteiger partial charge in [0, 0.05) is 20.8 Å². The Morgan fingerprint density at radius 2 is 2.30 bits per heavy atom. The number of pyridine rings is 1. The van der Waals surface area contributed by atoms with Crippen LogP contribution < -0.4 is 11.1 Å². The standard InChI is InChI=1S/C11H16N4O5/c1-19-6-7(20-2)4-14-11(16)8-3-10(12)13-5-9(8)15(17)18/h3,5,7H,4,6H2,1-2H3,(H2,12,13)(H,14,16). The van der Waals surface area contributed by atoms with Crippen LogP contribution in [0.15, 0.2) is 12.3 Å². The van der Waals surface area contributed by atoms with E-state index in [1.807, 2.05) is 0 Å². The average Bonchev–Trinajstić information content (AvgIpc) is 2.42. The fourth-order valence-electron chi connectivity index (χ4n) is 1.49. The van der Waals surface area contributed by atoms with E-state index in [1.54, 1.807) is 0 Å². The number of carbonyl (C=O) groups excluding carboxylic acids is 1. The predicted molar refractivity (Wildman–Crippen MR) is 70.3 cm³/mol. The number of rotatable bonds is 7. The molecule has 0 bridgehead atoms. The highest BCUT2D eigenvalue weighted by Crippen LogP contribution is 2.18. The summed E-state index contributed by atoms with van der Waals surface area (Å²) < 4.78 is 9.97. The first-order valence-electron chi connectivity index (χ1n) is 5.69. The molecule has 20 heavy (non-hydrogen) atoms. The molecule has 1 atom stereocenters. The van der Waals surface area contributed by atoms with Crippen LogP contribution in [0, 0.1) is 10.1 Å².